The molecule has 106 valence electrons. The monoisotopic (exact) mass is 274 g/mol. The van der Waals surface area contributed by atoms with Crippen LogP contribution in [0.25, 0.3) is 0 Å². The number of aromatic nitrogens is 1. The van der Waals surface area contributed by atoms with Gasteiger partial charge in [-0.1, -0.05) is 6.07 Å². The minimum absolute atomic E-state index is 0.0000399. The van der Waals surface area contributed by atoms with E-state index in [1.807, 2.05) is 25.1 Å². The van der Waals surface area contributed by atoms with Gasteiger partial charge in [-0.25, -0.2) is 4.39 Å². The van der Waals surface area contributed by atoms with Crippen molar-refractivity contribution in [3.05, 3.63) is 59.7 Å². The number of pyridine rings is 1. The first-order valence-electron chi connectivity index (χ1n) is 6.70. The number of halogens is 1. The number of rotatable bonds is 6. The van der Waals surface area contributed by atoms with E-state index in [0.29, 0.717) is 18.8 Å². The van der Waals surface area contributed by atoms with Crippen LogP contribution in [0.2, 0.25) is 0 Å². The molecule has 2 rings (SSSR count). The molecule has 1 aromatic heterocycles. The topological polar surface area (TPSA) is 48.1 Å². The number of benzene rings is 1. The molecule has 0 aliphatic carbocycles. The van der Waals surface area contributed by atoms with E-state index in [4.69, 9.17) is 10.5 Å². The van der Waals surface area contributed by atoms with Crippen LogP contribution in [0.5, 0.6) is 5.75 Å². The van der Waals surface area contributed by atoms with Crippen LogP contribution in [-0.4, -0.2) is 17.6 Å². The molecule has 2 aromatic rings. The Morgan fingerprint density at radius 1 is 1.30 bits per heavy atom. The van der Waals surface area contributed by atoms with Crippen molar-refractivity contribution in [3.63, 3.8) is 0 Å². The molecular formula is C16H19FN2O. The number of hydrogen-bond donors (Lipinski definition) is 1. The van der Waals surface area contributed by atoms with Crippen LogP contribution >= 0.6 is 0 Å². The molecule has 1 unspecified atom stereocenters. The third-order valence-electron chi connectivity index (χ3n) is 2.87. The molecule has 0 spiro atoms. The Labute approximate surface area is 118 Å². The molecule has 20 heavy (non-hydrogen) atoms. The maximum Gasteiger partial charge on any atom is 0.127 e. The normalized spacial score (nSPS) is 12.2. The first-order valence-corrected chi connectivity index (χ1v) is 6.70. The predicted molar refractivity (Wildman–Crippen MR) is 77.2 cm³/mol. The van der Waals surface area contributed by atoms with Crippen molar-refractivity contribution < 1.29 is 9.13 Å². The van der Waals surface area contributed by atoms with Crippen LogP contribution in [-0.2, 0) is 12.8 Å². The van der Waals surface area contributed by atoms with E-state index in [1.165, 1.54) is 12.1 Å². The zero-order chi connectivity index (χ0) is 14.4. The Morgan fingerprint density at radius 3 is 2.85 bits per heavy atom. The first kappa shape index (κ1) is 14.5. The molecule has 1 heterocycles. The quantitative estimate of drug-likeness (QED) is 0.881. The van der Waals surface area contributed by atoms with E-state index in [-0.39, 0.29) is 11.9 Å². The van der Waals surface area contributed by atoms with Crippen LogP contribution in [0.1, 0.15) is 18.1 Å². The molecule has 0 saturated heterocycles. The van der Waals surface area contributed by atoms with Crippen molar-refractivity contribution in [1.82, 2.24) is 4.98 Å². The smallest absolute Gasteiger partial charge is 0.127 e. The summed E-state index contributed by atoms with van der Waals surface area (Å²) in [7, 11) is 0. The van der Waals surface area contributed by atoms with Crippen LogP contribution < -0.4 is 10.5 Å². The van der Waals surface area contributed by atoms with Gasteiger partial charge in [0.1, 0.15) is 11.6 Å². The summed E-state index contributed by atoms with van der Waals surface area (Å²) in [5.74, 6) is 0.254. The Hall–Kier alpha value is -1.94. The van der Waals surface area contributed by atoms with Crippen molar-refractivity contribution in [2.45, 2.75) is 25.8 Å². The second kappa shape index (κ2) is 7.01. The highest BCUT2D eigenvalue weighted by molar-refractivity contribution is 5.30. The largest absolute Gasteiger partial charge is 0.493 e. The molecule has 3 nitrogen and oxygen atoms in total. The van der Waals surface area contributed by atoms with Gasteiger partial charge in [0.2, 0.25) is 0 Å². The molecule has 0 aliphatic heterocycles. The number of nitrogens with zero attached hydrogens (tertiary/aromatic N) is 1. The van der Waals surface area contributed by atoms with E-state index >= 15 is 0 Å². The molecule has 0 saturated carbocycles. The molecule has 0 bridgehead atoms. The van der Waals surface area contributed by atoms with Crippen molar-refractivity contribution in [2.75, 3.05) is 6.61 Å². The van der Waals surface area contributed by atoms with Crippen molar-refractivity contribution in [1.29, 1.82) is 0 Å². The fourth-order valence-corrected chi connectivity index (χ4v) is 2.03. The lowest BCUT2D eigenvalue weighted by molar-refractivity contribution is 0.319. The van der Waals surface area contributed by atoms with Gasteiger partial charge in [-0.05, 0) is 42.7 Å². The van der Waals surface area contributed by atoms with Gasteiger partial charge in [-0.3, -0.25) is 4.98 Å². The van der Waals surface area contributed by atoms with Crippen molar-refractivity contribution in [3.8, 4) is 5.75 Å². The van der Waals surface area contributed by atoms with Crippen LogP contribution in [0.15, 0.2) is 42.7 Å². The van der Waals surface area contributed by atoms with Crippen LogP contribution in [0.3, 0.4) is 0 Å². The summed E-state index contributed by atoms with van der Waals surface area (Å²) in [5, 5.41) is 0. The number of nitrogens with two attached hydrogens (primary N) is 1. The Bertz CT molecular complexity index is 543. The van der Waals surface area contributed by atoms with Gasteiger partial charge in [0.25, 0.3) is 0 Å². The van der Waals surface area contributed by atoms with E-state index in [0.717, 1.165) is 17.5 Å². The summed E-state index contributed by atoms with van der Waals surface area (Å²) in [6.45, 7) is 2.39. The highest BCUT2D eigenvalue weighted by Crippen LogP contribution is 2.18. The Kier molecular flexibility index (Phi) is 5.07. The summed E-state index contributed by atoms with van der Waals surface area (Å²) < 4.78 is 19.1. The third kappa shape index (κ3) is 4.63. The minimum Gasteiger partial charge on any atom is -0.493 e. The van der Waals surface area contributed by atoms with Crippen molar-refractivity contribution >= 4 is 0 Å². The SMILES string of the molecule is CC(N)Cc1cc(F)cc(OCCc2cccnc2)c1. The van der Waals surface area contributed by atoms with E-state index in [9.17, 15) is 4.39 Å². The number of ether oxygens (including phenoxy) is 1. The molecule has 0 amide bonds. The first-order chi connectivity index (χ1) is 9.63. The van der Waals surface area contributed by atoms with Crippen molar-refractivity contribution in [2.24, 2.45) is 5.73 Å². The lowest BCUT2D eigenvalue weighted by atomic mass is 10.1. The summed E-state index contributed by atoms with van der Waals surface area (Å²) in [4.78, 5) is 4.04. The molecule has 1 atom stereocenters. The molecule has 2 N–H and O–H groups in total. The second-order valence-corrected chi connectivity index (χ2v) is 4.94. The minimum atomic E-state index is -0.292. The predicted octanol–water partition coefficient (Wildman–Crippen LogP) is 2.73. The van der Waals surface area contributed by atoms with E-state index in [1.54, 1.807) is 12.4 Å². The molecule has 0 fully saturated rings. The summed E-state index contributed by atoms with van der Waals surface area (Å²) in [6.07, 6.45) is 4.91. The zero-order valence-electron chi connectivity index (χ0n) is 11.6. The standard InChI is InChI=1S/C16H19FN2O/c1-12(18)7-14-8-15(17)10-16(9-14)20-6-4-13-3-2-5-19-11-13/h2-3,5,8-12H,4,6-7,18H2,1H3. The molecule has 0 radical (unpaired) electrons. The summed E-state index contributed by atoms with van der Waals surface area (Å²) >= 11 is 0. The van der Waals surface area contributed by atoms with Gasteiger partial charge < -0.3 is 10.5 Å². The van der Waals surface area contributed by atoms with Gasteiger partial charge in [0.05, 0.1) is 6.61 Å². The summed E-state index contributed by atoms with van der Waals surface area (Å²) in [5.41, 5.74) is 7.69. The van der Waals surface area contributed by atoms with Gasteiger partial charge in [-0.15, -0.1) is 0 Å². The molecular weight excluding hydrogens is 255 g/mol. The van der Waals surface area contributed by atoms with Crippen LogP contribution in [0, 0.1) is 5.82 Å². The Morgan fingerprint density at radius 2 is 2.15 bits per heavy atom. The average Bonchev–Trinajstić information content (AvgIpc) is 2.38. The van der Waals surface area contributed by atoms with Gasteiger partial charge >= 0.3 is 0 Å². The maximum absolute atomic E-state index is 13.5. The summed E-state index contributed by atoms with van der Waals surface area (Å²) in [6, 6.07) is 8.61. The van der Waals surface area contributed by atoms with Gasteiger partial charge in [0, 0.05) is 30.9 Å². The average molecular weight is 274 g/mol. The fourth-order valence-electron chi connectivity index (χ4n) is 2.03. The van der Waals surface area contributed by atoms with Crippen LogP contribution in [0.4, 0.5) is 4.39 Å². The number of hydrogen-bond acceptors (Lipinski definition) is 3. The third-order valence-corrected chi connectivity index (χ3v) is 2.87. The lowest BCUT2D eigenvalue weighted by Crippen LogP contribution is -2.17. The lowest BCUT2D eigenvalue weighted by Gasteiger charge is -2.10. The highest BCUT2D eigenvalue weighted by Gasteiger charge is 2.04. The Balaban J connectivity index is 1.93. The molecule has 4 heteroatoms. The van der Waals surface area contributed by atoms with Gasteiger partial charge in [0.15, 0.2) is 0 Å². The maximum atomic E-state index is 13.5. The highest BCUT2D eigenvalue weighted by atomic mass is 19.1. The van der Waals surface area contributed by atoms with E-state index in [2.05, 4.69) is 4.98 Å². The van der Waals surface area contributed by atoms with E-state index < -0.39 is 0 Å². The molecule has 0 aliphatic rings. The van der Waals surface area contributed by atoms with Gasteiger partial charge in [-0.2, -0.15) is 0 Å². The fraction of sp³-hybridized carbons (Fsp3) is 0.312. The second-order valence-electron chi connectivity index (χ2n) is 4.94. The molecule has 1 aromatic carbocycles. The zero-order valence-corrected chi connectivity index (χ0v) is 11.6.